The van der Waals surface area contributed by atoms with Gasteiger partial charge in [0.05, 0.1) is 0 Å². The number of nitrogens with two attached hydrogens (primary N) is 1. The minimum atomic E-state index is -0.00731. The van der Waals surface area contributed by atoms with Crippen LogP contribution in [0.3, 0.4) is 0 Å². The second kappa shape index (κ2) is 6.96. The first-order valence-corrected chi connectivity index (χ1v) is 7.71. The Morgan fingerprint density at radius 1 is 1.04 bits per heavy atom. The Hall–Kier alpha value is -3.48. The lowest BCUT2D eigenvalue weighted by molar-refractivity contribution is 0.101. The van der Waals surface area contributed by atoms with Crippen LogP contribution in [0.2, 0.25) is 0 Å². The van der Waals surface area contributed by atoms with Crippen molar-refractivity contribution >= 4 is 34.6 Å². The van der Waals surface area contributed by atoms with E-state index in [0.717, 1.165) is 11.3 Å². The minimum absolute atomic E-state index is 0.00731. The number of ketones is 1. The van der Waals surface area contributed by atoms with Crippen molar-refractivity contribution in [3.05, 3.63) is 60.0 Å². The number of aryl methyl sites for hydroxylation is 1. The summed E-state index contributed by atoms with van der Waals surface area (Å²) in [5.74, 6) is 1.54. The van der Waals surface area contributed by atoms with E-state index in [1.54, 1.807) is 24.4 Å². The Kier molecular flexibility index (Phi) is 4.56. The summed E-state index contributed by atoms with van der Waals surface area (Å²) in [5.41, 5.74) is 8.92. The molecule has 0 atom stereocenters. The van der Waals surface area contributed by atoms with Crippen LogP contribution >= 0.6 is 0 Å². The molecule has 7 nitrogen and oxygen atoms in total. The fourth-order valence-corrected chi connectivity index (χ4v) is 2.21. The third-order valence-electron chi connectivity index (χ3n) is 3.57. The standard InChI is InChI=1S/C18H18N6O/c1-11-6-7-15(20-9-11)24-18-16(19)17(21-10-22-18)23-14-5-3-4-13(8-14)12(2)25/h3-10H,19H2,1-2H3,(H2,20,21,22,23,24). The average Bonchev–Trinajstić information content (AvgIpc) is 2.60. The largest absolute Gasteiger partial charge is 0.393 e. The van der Waals surface area contributed by atoms with Gasteiger partial charge in [-0.25, -0.2) is 15.0 Å². The highest BCUT2D eigenvalue weighted by Crippen LogP contribution is 2.27. The summed E-state index contributed by atoms with van der Waals surface area (Å²) < 4.78 is 0. The maximum Gasteiger partial charge on any atom is 0.160 e. The molecule has 25 heavy (non-hydrogen) atoms. The van der Waals surface area contributed by atoms with Gasteiger partial charge in [0, 0.05) is 17.4 Å². The fraction of sp³-hybridized carbons (Fsp3) is 0.111. The number of hydrogen-bond donors (Lipinski definition) is 3. The molecule has 3 aromatic rings. The molecule has 7 heteroatoms. The van der Waals surface area contributed by atoms with Gasteiger partial charge < -0.3 is 16.4 Å². The van der Waals surface area contributed by atoms with Crippen molar-refractivity contribution in [2.75, 3.05) is 16.4 Å². The van der Waals surface area contributed by atoms with E-state index in [1.807, 2.05) is 25.1 Å². The molecule has 4 N–H and O–H groups in total. The number of rotatable bonds is 5. The van der Waals surface area contributed by atoms with Gasteiger partial charge in [-0.05, 0) is 37.6 Å². The lowest BCUT2D eigenvalue weighted by atomic mass is 10.1. The second-order valence-corrected chi connectivity index (χ2v) is 5.59. The number of pyridine rings is 1. The number of nitrogens with one attached hydrogen (secondary N) is 2. The molecule has 0 saturated heterocycles. The number of carbonyl (C=O) groups excluding carboxylic acids is 1. The highest BCUT2D eigenvalue weighted by molar-refractivity contribution is 5.95. The molecule has 0 aliphatic carbocycles. The molecule has 0 amide bonds. The first kappa shape index (κ1) is 16.4. The van der Waals surface area contributed by atoms with E-state index in [0.29, 0.717) is 28.7 Å². The first-order chi connectivity index (χ1) is 12.0. The maximum absolute atomic E-state index is 11.5. The Morgan fingerprint density at radius 2 is 1.80 bits per heavy atom. The van der Waals surface area contributed by atoms with Gasteiger partial charge in [0.25, 0.3) is 0 Å². The number of nitrogen functional groups attached to an aromatic ring is 1. The molecule has 0 spiro atoms. The third-order valence-corrected chi connectivity index (χ3v) is 3.57. The van der Waals surface area contributed by atoms with Crippen molar-refractivity contribution in [3.63, 3.8) is 0 Å². The maximum atomic E-state index is 11.5. The van der Waals surface area contributed by atoms with Crippen LogP contribution in [0.15, 0.2) is 48.9 Å². The van der Waals surface area contributed by atoms with E-state index in [4.69, 9.17) is 5.73 Å². The zero-order valence-electron chi connectivity index (χ0n) is 13.9. The number of carbonyl (C=O) groups is 1. The lowest BCUT2D eigenvalue weighted by Crippen LogP contribution is -2.06. The summed E-state index contributed by atoms with van der Waals surface area (Å²) in [6.07, 6.45) is 3.16. The predicted octanol–water partition coefficient (Wildman–Crippen LogP) is 3.45. The molecular weight excluding hydrogens is 316 g/mol. The van der Waals surface area contributed by atoms with E-state index in [9.17, 15) is 4.79 Å². The molecule has 2 aromatic heterocycles. The third kappa shape index (κ3) is 3.89. The van der Waals surface area contributed by atoms with Crippen LogP contribution in [-0.4, -0.2) is 20.7 Å². The minimum Gasteiger partial charge on any atom is -0.393 e. The van der Waals surface area contributed by atoms with Crippen molar-refractivity contribution in [2.24, 2.45) is 0 Å². The monoisotopic (exact) mass is 334 g/mol. The van der Waals surface area contributed by atoms with Gasteiger partial charge in [0.15, 0.2) is 17.4 Å². The number of anilines is 5. The number of nitrogens with zero attached hydrogens (tertiary/aromatic N) is 3. The van der Waals surface area contributed by atoms with Gasteiger partial charge >= 0.3 is 0 Å². The van der Waals surface area contributed by atoms with E-state index in [2.05, 4.69) is 25.6 Å². The zero-order valence-corrected chi connectivity index (χ0v) is 13.9. The van der Waals surface area contributed by atoms with Gasteiger partial charge in [0.2, 0.25) is 0 Å². The summed E-state index contributed by atoms with van der Waals surface area (Å²) in [5, 5.41) is 6.19. The smallest absolute Gasteiger partial charge is 0.160 e. The van der Waals surface area contributed by atoms with Crippen LogP contribution in [0.25, 0.3) is 0 Å². The highest BCUT2D eigenvalue weighted by Gasteiger charge is 2.10. The Labute approximate surface area is 145 Å². The van der Waals surface area contributed by atoms with Crippen LogP contribution in [0.1, 0.15) is 22.8 Å². The fourth-order valence-electron chi connectivity index (χ4n) is 2.21. The van der Waals surface area contributed by atoms with Crippen molar-refractivity contribution in [1.29, 1.82) is 0 Å². The number of hydrogen-bond acceptors (Lipinski definition) is 7. The molecule has 3 rings (SSSR count). The predicted molar refractivity (Wildman–Crippen MR) is 98.4 cm³/mol. The van der Waals surface area contributed by atoms with Crippen LogP contribution in [0, 0.1) is 6.92 Å². The van der Waals surface area contributed by atoms with Crippen LogP contribution < -0.4 is 16.4 Å². The van der Waals surface area contributed by atoms with Gasteiger partial charge in [-0.15, -0.1) is 0 Å². The molecule has 0 radical (unpaired) electrons. The summed E-state index contributed by atoms with van der Waals surface area (Å²) in [6, 6.07) is 10.9. The van der Waals surface area contributed by atoms with Crippen LogP contribution in [-0.2, 0) is 0 Å². The second-order valence-electron chi connectivity index (χ2n) is 5.59. The van der Waals surface area contributed by atoms with Crippen LogP contribution in [0.5, 0.6) is 0 Å². The van der Waals surface area contributed by atoms with E-state index in [-0.39, 0.29) is 5.78 Å². The molecule has 0 saturated carbocycles. The van der Waals surface area contributed by atoms with Crippen LogP contribution in [0.4, 0.5) is 28.8 Å². The molecule has 0 aliphatic heterocycles. The molecule has 126 valence electrons. The van der Waals surface area contributed by atoms with Crippen molar-refractivity contribution in [2.45, 2.75) is 13.8 Å². The Bertz CT molecular complexity index is 908. The summed E-state index contributed by atoms with van der Waals surface area (Å²) in [6.45, 7) is 3.49. The van der Waals surface area contributed by atoms with Crippen molar-refractivity contribution < 1.29 is 4.79 Å². The van der Waals surface area contributed by atoms with E-state index >= 15 is 0 Å². The number of aromatic nitrogens is 3. The highest BCUT2D eigenvalue weighted by atomic mass is 16.1. The van der Waals surface area contributed by atoms with Gasteiger partial charge in [-0.1, -0.05) is 18.2 Å². The summed E-state index contributed by atoms with van der Waals surface area (Å²) in [7, 11) is 0. The van der Waals surface area contributed by atoms with E-state index in [1.165, 1.54) is 13.3 Å². The SMILES string of the molecule is CC(=O)c1cccc(Nc2ncnc(Nc3ccc(C)cn3)c2N)c1. The number of benzene rings is 1. The lowest BCUT2D eigenvalue weighted by Gasteiger charge is -2.12. The molecule has 0 bridgehead atoms. The molecule has 0 aliphatic rings. The first-order valence-electron chi connectivity index (χ1n) is 7.71. The quantitative estimate of drug-likeness (QED) is 0.614. The summed E-state index contributed by atoms with van der Waals surface area (Å²) in [4.78, 5) is 24.1. The summed E-state index contributed by atoms with van der Waals surface area (Å²) >= 11 is 0. The van der Waals surface area contributed by atoms with Crippen molar-refractivity contribution in [3.8, 4) is 0 Å². The van der Waals surface area contributed by atoms with Gasteiger partial charge in [-0.2, -0.15) is 0 Å². The zero-order chi connectivity index (χ0) is 17.8. The average molecular weight is 334 g/mol. The topological polar surface area (TPSA) is 106 Å². The Morgan fingerprint density at radius 3 is 2.48 bits per heavy atom. The van der Waals surface area contributed by atoms with E-state index < -0.39 is 0 Å². The van der Waals surface area contributed by atoms with Crippen molar-refractivity contribution in [1.82, 2.24) is 15.0 Å². The van der Waals surface area contributed by atoms with Gasteiger partial charge in [0.1, 0.15) is 17.8 Å². The van der Waals surface area contributed by atoms with Gasteiger partial charge in [-0.3, -0.25) is 4.79 Å². The normalized spacial score (nSPS) is 10.3. The Balaban J connectivity index is 1.84. The molecular formula is C18H18N6O. The molecule has 2 heterocycles. The molecule has 1 aromatic carbocycles. The number of Topliss-reactive ketones (excluding diaryl/α,β-unsaturated/α-hetero) is 1. The molecule has 0 unspecified atom stereocenters. The molecule has 0 fully saturated rings.